The maximum Gasteiger partial charge on any atom is 0.326 e. The fraction of sp³-hybridized carbons (Fsp3) is 0.846. The van der Waals surface area contributed by atoms with E-state index in [0.717, 1.165) is 13.0 Å². The fourth-order valence-electron chi connectivity index (χ4n) is 1.64. The smallest absolute Gasteiger partial charge is 0.326 e. The number of likely N-dealkylation sites (N-methyl/N-ethyl adjacent to an activating group) is 1. The Balaban J connectivity index is 4.56. The first-order valence-electron chi connectivity index (χ1n) is 6.72. The van der Waals surface area contributed by atoms with E-state index in [1.165, 1.54) is 0 Å². The van der Waals surface area contributed by atoms with Gasteiger partial charge in [0, 0.05) is 19.6 Å². The summed E-state index contributed by atoms with van der Waals surface area (Å²) in [4.78, 5) is 26.8. The van der Waals surface area contributed by atoms with Crippen LogP contribution in [0.3, 0.4) is 0 Å². The molecule has 2 N–H and O–H groups in total. The summed E-state index contributed by atoms with van der Waals surface area (Å²) in [5, 5.41) is 11.7. The van der Waals surface area contributed by atoms with Crippen molar-refractivity contribution in [2.75, 3.05) is 33.7 Å². The van der Waals surface area contributed by atoms with Gasteiger partial charge in [0.25, 0.3) is 0 Å². The lowest BCUT2D eigenvalue weighted by molar-refractivity contribution is -0.140. The van der Waals surface area contributed by atoms with Gasteiger partial charge in [-0.3, -0.25) is 0 Å². The summed E-state index contributed by atoms with van der Waals surface area (Å²) in [7, 11) is 3.88. The highest BCUT2D eigenvalue weighted by Gasteiger charge is 2.25. The van der Waals surface area contributed by atoms with E-state index in [9.17, 15) is 9.59 Å². The van der Waals surface area contributed by atoms with E-state index in [1.54, 1.807) is 18.7 Å². The lowest BCUT2D eigenvalue weighted by Crippen LogP contribution is -2.51. The molecule has 6 nitrogen and oxygen atoms in total. The van der Waals surface area contributed by atoms with Crippen LogP contribution in [-0.2, 0) is 4.79 Å². The number of amides is 2. The maximum atomic E-state index is 12.1. The van der Waals surface area contributed by atoms with Crippen LogP contribution in [0.4, 0.5) is 4.79 Å². The van der Waals surface area contributed by atoms with Crippen molar-refractivity contribution in [3.63, 3.8) is 0 Å². The third-order valence-electron chi connectivity index (χ3n) is 2.81. The molecule has 6 heteroatoms. The van der Waals surface area contributed by atoms with Gasteiger partial charge in [-0.1, -0.05) is 20.8 Å². The zero-order valence-electron chi connectivity index (χ0n) is 12.6. The molecule has 0 rings (SSSR count). The van der Waals surface area contributed by atoms with Gasteiger partial charge in [-0.25, -0.2) is 9.59 Å². The molecule has 0 saturated heterocycles. The van der Waals surface area contributed by atoms with Gasteiger partial charge in [-0.15, -0.1) is 0 Å². The van der Waals surface area contributed by atoms with Crippen molar-refractivity contribution in [1.29, 1.82) is 0 Å². The van der Waals surface area contributed by atoms with Crippen molar-refractivity contribution in [2.24, 2.45) is 5.92 Å². The van der Waals surface area contributed by atoms with E-state index in [4.69, 9.17) is 5.11 Å². The van der Waals surface area contributed by atoms with Crippen molar-refractivity contribution in [3.8, 4) is 0 Å². The van der Waals surface area contributed by atoms with E-state index < -0.39 is 12.0 Å². The SMILES string of the molecule is CCCN(CCN(C)C)C(=O)NC(C(=O)O)C(C)C. The summed E-state index contributed by atoms with van der Waals surface area (Å²) < 4.78 is 0. The molecule has 0 aromatic rings. The van der Waals surface area contributed by atoms with E-state index in [-0.39, 0.29) is 11.9 Å². The van der Waals surface area contributed by atoms with Crippen LogP contribution in [-0.4, -0.2) is 66.7 Å². The minimum absolute atomic E-state index is 0.140. The van der Waals surface area contributed by atoms with Gasteiger partial charge < -0.3 is 20.2 Å². The molecule has 0 aliphatic carbocycles. The lowest BCUT2D eigenvalue weighted by atomic mass is 10.1. The molecule has 0 aliphatic rings. The largest absolute Gasteiger partial charge is 0.480 e. The van der Waals surface area contributed by atoms with Crippen molar-refractivity contribution in [1.82, 2.24) is 15.1 Å². The third-order valence-corrected chi connectivity index (χ3v) is 2.81. The molecule has 2 amide bonds. The predicted molar refractivity (Wildman–Crippen MR) is 75.2 cm³/mol. The Morgan fingerprint density at radius 1 is 1.16 bits per heavy atom. The van der Waals surface area contributed by atoms with Crippen LogP contribution < -0.4 is 5.32 Å². The van der Waals surface area contributed by atoms with Gasteiger partial charge in [0.1, 0.15) is 6.04 Å². The van der Waals surface area contributed by atoms with Crippen LogP contribution >= 0.6 is 0 Å². The number of urea groups is 1. The van der Waals surface area contributed by atoms with E-state index in [0.29, 0.717) is 13.1 Å². The highest BCUT2D eigenvalue weighted by atomic mass is 16.4. The molecule has 0 radical (unpaired) electrons. The second-order valence-corrected chi connectivity index (χ2v) is 5.30. The number of hydrogen-bond acceptors (Lipinski definition) is 3. The summed E-state index contributed by atoms with van der Waals surface area (Å²) in [6.07, 6.45) is 0.847. The number of nitrogens with one attached hydrogen (secondary N) is 1. The molecule has 0 saturated carbocycles. The zero-order chi connectivity index (χ0) is 15.0. The quantitative estimate of drug-likeness (QED) is 0.694. The van der Waals surface area contributed by atoms with Gasteiger partial charge in [0.15, 0.2) is 0 Å². The van der Waals surface area contributed by atoms with E-state index >= 15 is 0 Å². The molecule has 0 fully saturated rings. The zero-order valence-corrected chi connectivity index (χ0v) is 12.6. The molecule has 1 unspecified atom stereocenters. The van der Waals surface area contributed by atoms with Gasteiger partial charge in [0.05, 0.1) is 0 Å². The Morgan fingerprint density at radius 3 is 2.11 bits per heavy atom. The van der Waals surface area contributed by atoms with E-state index in [2.05, 4.69) is 5.32 Å². The molecule has 0 aromatic heterocycles. The second kappa shape index (κ2) is 8.74. The first-order valence-corrected chi connectivity index (χ1v) is 6.72. The fourth-order valence-corrected chi connectivity index (χ4v) is 1.64. The van der Waals surface area contributed by atoms with Crippen molar-refractivity contribution < 1.29 is 14.7 Å². The number of carboxylic acids is 1. The van der Waals surface area contributed by atoms with Crippen LogP contribution in [0.25, 0.3) is 0 Å². The molecule has 0 heterocycles. The number of carboxylic acid groups (broad SMARTS) is 1. The van der Waals surface area contributed by atoms with Gasteiger partial charge in [-0.2, -0.15) is 0 Å². The number of aliphatic carboxylic acids is 1. The van der Waals surface area contributed by atoms with Crippen molar-refractivity contribution in [2.45, 2.75) is 33.2 Å². The predicted octanol–water partition coefficient (Wildman–Crippen LogP) is 1.08. The average molecular weight is 273 g/mol. The summed E-state index contributed by atoms with van der Waals surface area (Å²) in [6, 6.07) is -1.14. The maximum absolute atomic E-state index is 12.1. The van der Waals surface area contributed by atoms with Crippen molar-refractivity contribution >= 4 is 12.0 Å². The van der Waals surface area contributed by atoms with Crippen LogP contribution in [0.2, 0.25) is 0 Å². The molecule has 112 valence electrons. The number of nitrogens with zero attached hydrogens (tertiary/aromatic N) is 2. The standard InChI is InChI=1S/C13H27N3O3/c1-6-7-16(9-8-15(4)5)13(19)14-11(10(2)3)12(17)18/h10-11H,6-9H2,1-5H3,(H,14,19)(H,17,18). The number of carbonyl (C=O) groups excluding carboxylic acids is 1. The molecule has 1 atom stereocenters. The molecule has 0 bridgehead atoms. The Kier molecular flexibility index (Phi) is 8.14. The van der Waals surface area contributed by atoms with Crippen LogP contribution in [0.1, 0.15) is 27.2 Å². The summed E-state index contributed by atoms with van der Waals surface area (Å²) >= 11 is 0. The first-order chi connectivity index (χ1) is 8.79. The Morgan fingerprint density at radius 2 is 1.74 bits per heavy atom. The average Bonchev–Trinajstić information content (AvgIpc) is 2.29. The first kappa shape index (κ1) is 17.7. The Hall–Kier alpha value is -1.30. The van der Waals surface area contributed by atoms with Gasteiger partial charge in [-0.05, 0) is 26.4 Å². The summed E-state index contributed by atoms with van der Waals surface area (Å²) in [5.41, 5.74) is 0. The molecular weight excluding hydrogens is 246 g/mol. The number of hydrogen-bond donors (Lipinski definition) is 2. The van der Waals surface area contributed by atoms with Crippen LogP contribution in [0.15, 0.2) is 0 Å². The Bertz CT molecular complexity index is 293. The molecule has 0 spiro atoms. The van der Waals surface area contributed by atoms with Crippen LogP contribution in [0.5, 0.6) is 0 Å². The molecule has 0 aromatic carbocycles. The number of rotatable bonds is 8. The highest BCUT2D eigenvalue weighted by molar-refractivity contribution is 5.82. The molecule has 0 aliphatic heterocycles. The molecular formula is C13H27N3O3. The summed E-state index contributed by atoms with van der Waals surface area (Å²) in [5.74, 6) is -1.13. The van der Waals surface area contributed by atoms with Crippen LogP contribution in [0, 0.1) is 5.92 Å². The summed E-state index contributed by atoms with van der Waals surface area (Å²) in [6.45, 7) is 7.53. The monoisotopic (exact) mass is 273 g/mol. The minimum atomic E-state index is -0.993. The second-order valence-electron chi connectivity index (χ2n) is 5.30. The topological polar surface area (TPSA) is 72.9 Å². The minimum Gasteiger partial charge on any atom is -0.480 e. The third kappa shape index (κ3) is 7.00. The Labute approximate surface area is 115 Å². The van der Waals surface area contributed by atoms with Gasteiger partial charge >= 0.3 is 12.0 Å². The van der Waals surface area contributed by atoms with E-state index in [1.807, 2.05) is 25.9 Å². The highest BCUT2D eigenvalue weighted by Crippen LogP contribution is 2.03. The van der Waals surface area contributed by atoms with Gasteiger partial charge in [0.2, 0.25) is 0 Å². The lowest BCUT2D eigenvalue weighted by Gasteiger charge is -2.27. The normalized spacial score (nSPS) is 12.6. The molecule has 19 heavy (non-hydrogen) atoms. The van der Waals surface area contributed by atoms with Crippen molar-refractivity contribution in [3.05, 3.63) is 0 Å². The number of carbonyl (C=O) groups is 2.